The van der Waals surface area contributed by atoms with Gasteiger partial charge in [0.2, 0.25) is 5.88 Å². The Hall–Kier alpha value is -6.85. The third-order valence-electron chi connectivity index (χ3n) is 11.4. The molecule has 1 saturated heterocycles. The number of halogens is 3. The van der Waals surface area contributed by atoms with Crippen LogP contribution >= 0.6 is 0 Å². The molecule has 6 aromatic rings. The number of alkyl halides is 3. The van der Waals surface area contributed by atoms with E-state index >= 15 is 0 Å². The highest BCUT2D eigenvalue weighted by atomic mass is 19.4. The molecule has 372 valence electrons. The second kappa shape index (κ2) is 25.1. The molecule has 2 aromatic carbocycles. The summed E-state index contributed by atoms with van der Waals surface area (Å²) in [4.78, 5) is 31.4. The summed E-state index contributed by atoms with van der Waals surface area (Å²) in [5.74, 6) is 7.21. The Kier molecular flexibility index (Phi) is 18.3. The van der Waals surface area contributed by atoms with E-state index in [-0.39, 0.29) is 43.1 Å². The van der Waals surface area contributed by atoms with Gasteiger partial charge in [0, 0.05) is 65.0 Å². The highest BCUT2D eigenvalue weighted by molar-refractivity contribution is 5.94. The summed E-state index contributed by atoms with van der Waals surface area (Å²) in [5.41, 5.74) is 5.43. The number of likely N-dealkylation sites (tertiary alicyclic amines) is 1. The normalized spacial score (nSPS) is 13.2. The van der Waals surface area contributed by atoms with E-state index in [1.54, 1.807) is 53.4 Å². The Bertz CT molecular complexity index is 2740. The van der Waals surface area contributed by atoms with E-state index in [2.05, 4.69) is 49.9 Å². The number of nitrogens with zero attached hydrogens (tertiary/aromatic N) is 5. The predicted octanol–water partition coefficient (Wildman–Crippen LogP) is 6.67. The molecule has 3 N–H and O–H groups in total. The molecule has 0 bridgehead atoms. The van der Waals surface area contributed by atoms with Crippen molar-refractivity contribution in [1.29, 1.82) is 0 Å². The third kappa shape index (κ3) is 15.3. The van der Waals surface area contributed by atoms with Gasteiger partial charge in [-0.3, -0.25) is 9.59 Å². The van der Waals surface area contributed by atoms with Crippen molar-refractivity contribution in [3.8, 4) is 34.6 Å². The standard InChI is InChI=1S/C51H59F3N8O8/c1-36-50(37(2)70-59-36)39-9-14-49(64)61(33-39)32-38-15-19-57-48(30-38)69-34-47(63)56-20-23-65-24-25-66-26-27-67-28-29-68-43-12-10-40(11-13-43)55-18-5-6-42-31-44-45(58-41-16-21-60(3)22-17-41)7-4-8-46(44)62(42)35-51(52,53)54/h4,7-15,19,30-31,33,41,55,58H,16-18,20-29,32,34-35H2,1-3H3,(H,56,63). The van der Waals surface area contributed by atoms with Crippen molar-refractivity contribution in [2.45, 2.75) is 52.0 Å². The molecular weight excluding hydrogens is 910 g/mol. The number of pyridine rings is 2. The van der Waals surface area contributed by atoms with Crippen molar-refractivity contribution in [1.82, 2.24) is 29.5 Å². The Labute approximate surface area is 404 Å². The number of rotatable bonds is 24. The maximum absolute atomic E-state index is 13.7. The fraction of sp³-hybridized carbons (Fsp3) is 0.412. The van der Waals surface area contributed by atoms with E-state index in [0.717, 1.165) is 65.1 Å². The summed E-state index contributed by atoms with van der Waals surface area (Å²) in [6.45, 7) is 7.52. The number of hydrogen-bond acceptors (Lipinski definition) is 13. The van der Waals surface area contributed by atoms with E-state index in [1.807, 2.05) is 44.2 Å². The molecule has 1 aliphatic heterocycles. The maximum Gasteiger partial charge on any atom is 0.406 e. The van der Waals surface area contributed by atoms with Gasteiger partial charge in [-0.25, -0.2) is 4.98 Å². The number of aromatic nitrogens is 4. The number of aryl methyl sites for hydroxylation is 2. The van der Waals surface area contributed by atoms with Gasteiger partial charge in [-0.15, -0.1) is 0 Å². The molecule has 70 heavy (non-hydrogen) atoms. The van der Waals surface area contributed by atoms with Gasteiger partial charge in [0.05, 0.1) is 69.6 Å². The van der Waals surface area contributed by atoms with Gasteiger partial charge < -0.3 is 58.2 Å². The zero-order chi connectivity index (χ0) is 49.3. The van der Waals surface area contributed by atoms with Crippen LogP contribution in [0.4, 0.5) is 24.5 Å². The Morgan fingerprint density at radius 1 is 0.900 bits per heavy atom. The second-order valence-electron chi connectivity index (χ2n) is 16.8. The number of fused-ring (bicyclic) bond motifs is 1. The van der Waals surface area contributed by atoms with Crippen LogP contribution in [0.25, 0.3) is 22.0 Å². The number of hydrogen-bond donors (Lipinski definition) is 3. The van der Waals surface area contributed by atoms with Gasteiger partial charge in [0.15, 0.2) is 6.61 Å². The van der Waals surface area contributed by atoms with Crippen molar-refractivity contribution in [3.63, 3.8) is 0 Å². The van der Waals surface area contributed by atoms with Gasteiger partial charge in [0.1, 0.15) is 24.7 Å². The molecule has 1 fully saturated rings. The fourth-order valence-electron chi connectivity index (χ4n) is 7.92. The van der Waals surface area contributed by atoms with Crippen LogP contribution in [-0.4, -0.2) is 128 Å². The first-order valence-electron chi connectivity index (χ1n) is 23.2. The first-order chi connectivity index (χ1) is 33.9. The van der Waals surface area contributed by atoms with E-state index in [0.29, 0.717) is 75.5 Å². The first-order valence-corrected chi connectivity index (χ1v) is 23.2. The molecular formula is C51H59F3N8O8. The molecule has 1 amide bonds. The molecule has 7 rings (SSSR count). The number of amides is 1. The van der Waals surface area contributed by atoms with Crippen molar-refractivity contribution in [2.75, 3.05) is 96.7 Å². The van der Waals surface area contributed by atoms with Gasteiger partial charge in [0.25, 0.3) is 11.5 Å². The average molecular weight is 969 g/mol. The average Bonchev–Trinajstić information content (AvgIpc) is 3.87. The lowest BCUT2D eigenvalue weighted by Gasteiger charge is -2.30. The molecule has 5 heterocycles. The summed E-state index contributed by atoms with van der Waals surface area (Å²) in [6.07, 6.45) is 0.862. The second-order valence-corrected chi connectivity index (χ2v) is 16.8. The molecule has 1 aliphatic rings. The van der Waals surface area contributed by atoms with Crippen molar-refractivity contribution in [2.24, 2.45) is 0 Å². The SMILES string of the molecule is Cc1noc(C)c1-c1ccc(=O)n(Cc2ccnc(OCC(=O)NCCOCCOCCOCCOc3ccc(NCC#Cc4cc5c(NC6CCN(C)CC6)cccc5n4CC(F)(F)F)cc3)c2)c1. The molecule has 19 heteroatoms. The number of benzene rings is 2. The minimum Gasteiger partial charge on any atom is -0.491 e. The summed E-state index contributed by atoms with van der Waals surface area (Å²) in [5, 5.41) is 14.2. The Morgan fingerprint density at radius 3 is 2.37 bits per heavy atom. The van der Waals surface area contributed by atoms with Gasteiger partial charge >= 0.3 is 6.18 Å². The van der Waals surface area contributed by atoms with Crippen LogP contribution < -0.4 is 31.0 Å². The number of carbonyl (C=O) groups excluding carboxylic acids is 1. The van der Waals surface area contributed by atoms with Crippen LogP contribution in [-0.2, 0) is 32.1 Å². The molecule has 0 unspecified atom stereocenters. The molecule has 0 saturated carbocycles. The number of ether oxygens (including phenoxy) is 5. The molecule has 16 nitrogen and oxygen atoms in total. The summed E-state index contributed by atoms with van der Waals surface area (Å²) >= 11 is 0. The van der Waals surface area contributed by atoms with Gasteiger partial charge in [-0.2, -0.15) is 13.2 Å². The van der Waals surface area contributed by atoms with Crippen molar-refractivity contribution < 1.29 is 46.2 Å². The number of piperidine rings is 1. The third-order valence-corrected chi connectivity index (χ3v) is 11.4. The van der Waals surface area contributed by atoms with Crippen LogP contribution in [0.3, 0.4) is 0 Å². The van der Waals surface area contributed by atoms with Crippen LogP contribution in [0.1, 0.15) is 35.6 Å². The lowest BCUT2D eigenvalue weighted by Crippen LogP contribution is -2.36. The Morgan fingerprint density at radius 2 is 1.64 bits per heavy atom. The zero-order valence-electron chi connectivity index (χ0n) is 39.6. The lowest BCUT2D eigenvalue weighted by molar-refractivity contribution is -0.140. The molecule has 4 aromatic heterocycles. The van der Waals surface area contributed by atoms with E-state index in [4.69, 9.17) is 28.2 Å². The van der Waals surface area contributed by atoms with E-state index in [9.17, 15) is 22.8 Å². The van der Waals surface area contributed by atoms with Gasteiger partial charge in [-0.05, 0) is 113 Å². The van der Waals surface area contributed by atoms with Crippen LogP contribution in [0.2, 0.25) is 0 Å². The van der Waals surface area contributed by atoms with Gasteiger partial charge in [-0.1, -0.05) is 17.1 Å². The zero-order valence-corrected chi connectivity index (χ0v) is 39.6. The largest absolute Gasteiger partial charge is 0.491 e. The lowest BCUT2D eigenvalue weighted by atomic mass is 10.0. The fourth-order valence-corrected chi connectivity index (χ4v) is 7.92. The highest BCUT2D eigenvalue weighted by Gasteiger charge is 2.30. The topological polar surface area (TPSA) is 168 Å². The first kappa shape index (κ1) is 51.0. The molecule has 0 atom stereocenters. The Balaban J connectivity index is 0.713. The smallest absolute Gasteiger partial charge is 0.406 e. The summed E-state index contributed by atoms with van der Waals surface area (Å²) in [6, 6.07) is 21.5. The number of anilines is 2. The van der Waals surface area contributed by atoms with E-state index < -0.39 is 12.7 Å². The van der Waals surface area contributed by atoms with Crippen LogP contribution in [0, 0.1) is 25.7 Å². The maximum atomic E-state index is 13.7. The van der Waals surface area contributed by atoms with Crippen LogP contribution in [0.5, 0.6) is 11.6 Å². The van der Waals surface area contributed by atoms with Crippen molar-refractivity contribution in [3.05, 3.63) is 118 Å². The number of nitrogens with one attached hydrogen (secondary N) is 3. The predicted molar refractivity (Wildman–Crippen MR) is 259 cm³/mol. The number of carbonyl (C=O) groups is 1. The highest BCUT2D eigenvalue weighted by Crippen LogP contribution is 2.32. The van der Waals surface area contributed by atoms with E-state index in [1.165, 1.54) is 10.6 Å². The quantitative estimate of drug-likeness (QED) is 0.0435. The minimum absolute atomic E-state index is 0.170. The van der Waals surface area contributed by atoms with Crippen LogP contribution in [0.15, 0.2) is 94.5 Å². The molecule has 0 radical (unpaired) electrons. The summed E-state index contributed by atoms with van der Waals surface area (Å²) < 4.78 is 77.2. The minimum atomic E-state index is -4.40. The molecule has 0 aliphatic carbocycles. The monoisotopic (exact) mass is 968 g/mol. The van der Waals surface area contributed by atoms with Crippen molar-refractivity contribution >= 4 is 28.2 Å². The summed E-state index contributed by atoms with van der Waals surface area (Å²) in [7, 11) is 2.09. The molecule has 0 spiro atoms.